The van der Waals surface area contributed by atoms with Gasteiger partial charge in [0.15, 0.2) is 0 Å². The Bertz CT molecular complexity index is 1550. The maximum Gasteiger partial charge on any atom is -0.0328 e. The molecule has 9 atom stereocenters. The minimum absolute atomic E-state index is 0.653. The maximum absolute atomic E-state index is 2.44. The second kappa shape index (κ2) is 43.2. The lowest BCUT2D eigenvalue weighted by Gasteiger charge is -2.22. The molecule has 0 aromatic rings. The molecule has 526 valence electrons. The summed E-state index contributed by atoms with van der Waals surface area (Å²) < 4.78 is 0. The topological polar surface area (TPSA) is 0 Å². The summed E-state index contributed by atoms with van der Waals surface area (Å²) in [6.45, 7) is 59.1. The summed E-state index contributed by atoms with van der Waals surface area (Å²) in [7, 11) is 0. The van der Waals surface area contributed by atoms with Gasteiger partial charge in [0.05, 0.1) is 0 Å². The van der Waals surface area contributed by atoms with Crippen molar-refractivity contribution in [3.05, 3.63) is 0 Å². The predicted octanol–water partition coefficient (Wildman–Crippen LogP) is 30.9. The molecular weight excluding hydrogens is 1060 g/mol. The molecule has 12 fully saturated rings. The molecule has 12 rings (SSSR count). The normalized spacial score (nSPS) is 35.5. The van der Waals surface area contributed by atoms with Gasteiger partial charge in [0, 0.05) is 0 Å². The van der Waals surface area contributed by atoms with Crippen LogP contribution in [-0.2, 0) is 0 Å². The van der Waals surface area contributed by atoms with Gasteiger partial charge in [0.25, 0.3) is 0 Å². The van der Waals surface area contributed by atoms with Crippen molar-refractivity contribution in [1.82, 2.24) is 0 Å². The Morgan fingerprint density at radius 2 is 0.773 bits per heavy atom. The quantitative estimate of drug-likeness (QED) is 0.249. The van der Waals surface area contributed by atoms with E-state index in [1.165, 1.54) is 238 Å². The Kier molecular flexibility index (Phi) is 41.3. The predicted molar refractivity (Wildman–Crippen MR) is 403 cm³/mol. The molecule has 0 heteroatoms. The molecule has 12 saturated carbocycles. The molecule has 0 heterocycles. The molecule has 0 nitrogen and oxygen atoms in total. The first-order chi connectivity index (χ1) is 41.3. The summed E-state index contributed by atoms with van der Waals surface area (Å²) in [6.07, 6.45) is 60.4. The van der Waals surface area contributed by atoms with E-state index in [1.807, 2.05) is 0 Å². The second-order valence-corrected chi connectivity index (χ2v) is 38.1. The fourth-order valence-corrected chi connectivity index (χ4v) is 19.1. The Hall–Kier alpha value is 0. The molecule has 0 aromatic heterocycles. The second-order valence-electron chi connectivity index (χ2n) is 38.1. The van der Waals surface area contributed by atoms with Crippen LogP contribution in [0.5, 0.6) is 0 Å². The smallest absolute Gasteiger partial charge is 0.0328 e. The lowest BCUT2D eigenvalue weighted by Crippen LogP contribution is -2.13. The number of fused-ring (bicyclic) bond motifs is 2. The molecule has 88 heavy (non-hydrogen) atoms. The third-order valence-electron chi connectivity index (χ3n) is 28.9. The highest BCUT2D eigenvalue weighted by Gasteiger charge is 2.38. The van der Waals surface area contributed by atoms with Crippen molar-refractivity contribution in [2.45, 2.75) is 436 Å². The van der Waals surface area contributed by atoms with Crippen LogP contribution >= 0.6 is 0 Å². The van der Waals surface area contributed by atoms with Crippen LogP contribution in [-0.4, -0.2) is 0 Å². The van der Waals surface area contributed by atoms with Gasteiger partial charge in [-0.25, -0.2) is 0 Å². The number of hydrogen-bond acceptors (Lipinski definition) is 0. The van der Waals surface area contributed by atoms with Crippen LogP contribution in [0.4, 0.5) is 0 Å². The monoisotopic (exact) mass is 1230 g/mol. The van der Waals surface area contributed by atoms with Gasteiger partial charge in [-0.15, -0.1) is 0 Å². The number of hydrogen-bond donors (Lipinski definition) is 0. The Balaban J connectivity index is 0.000000330. The van der Waals surface area contributed by atoms with Gasteiger partial charge in [0.1, 0.15) is 0 Å². The molecule has 12 aliphatic carbocycles. The molecule has 0 spiro atoms. The maximum atomic E-state index is 2.44. The Morgan fingerprint density at radius 3 is 0.943 bits per heavy atom. The van der Waals surface area contributed by atoms with E-state index < -0.39 is 0 Å². The first-order valence-corrected chi connectivity index (χ1v) is 41.3. The first-order valence-electron chi connectivity index (χ1n) is 41.3. The van der Waals surface area contributed by atoms with Crippen molar-refractivity contribution in [1.29, 1.82) is 0 Å². The molecule has 0 aromatic carbocycles. The summed E-state index contributed by atoms with van der Waals surface area (Å²) in [5.41, 5.74) is 3.44. The minimum atomic E-state index is 0.653. The van der Waals surface area contributed by atoms with E-state index >= 15 is 0 Å². The highest BCUT2D eigenvalue weighted by Crippen LogP contribution is 2.49. The average Bonchev–Trinajstić information content (AvgIpc) is 4.27. The van der Waals surface area contributed by atoms with E-state index in [0.717, 1.165) is 111 Å². The van der Waals surface area contributed by atoms with Gasteiger partial charge >= 0.3 is 0 Å². The summed E-state index contributed by atoms with van der Waals surface area (Å²) in [6, 6.07) is 0. The molecule has 0 aliphatic heterocycles. The van der Waals surface area contributed by atoms with Crippen LogP contribution in [0.15, 0.2) is 0 Å². The molecule has 2 bridgehead atoms. The van der Waals surface area contributed by atoms with Crippen molar-refractivity contribution in [3.8, 4) is 0 Å². The molecule has 0 saturated heterocycles. The highest BCUT2D eigenvalue weighted by molar-refractivity contribution is 4.89. The molecular formula is C88H174. The minimum Gasteiger partial charge on any atom is -0.0654 e. The van der Waals surface area contributed by atoms with Crippen LogP contribution in [0, 0.1) is 128 Å². The van der Waals surface area contributed by atoms with Gasteiger partial charge < -0.3 is 0 Å². The van der Waals surface area contributed by atoms with Crippen LogP contribution < -0.4 is 0 Å². The zero-order chi connectivity index (χ0) is 66.3. The summed E-state index contributed by atoms with van der Waals surface area (Å²) in [4.78, 5) is 0. The van der Waals surface area contributed by atoms with E-state index in [1.54, 1.807) is 25.7 Å². The third-order valence-corrected chi connectivity index (χ3v) is 28.9. The molecule has 0 radical (unpaired) electrons. The Morgan fingerprint density at radius 1 is 0.352 bits per heavy atom. The van der Waals surface area contributed by atoms with Crippen LogP contribution in [0.3, 0.4) is 0 Å². The third kappa shape index (κ3) is 33.1. The SMILES string of the molecule is CC(C)C1CCCC1.CC1C2CCC1CC2.CC1CC(C)C(C)C1.CC1CCC(C)C1C.CC1CCCC1(C)C.CCC1(C)CCCC1.CCC1(C)CCCC1.CCC1CCCC1C.CCCC1CCCC1.C[C@H]1CCC(C)(C)C1.C[C@H]1CCCC1(C)C. The fourth-order valence-electron chi connectivity index (χ4n) is 19.1. The first kappa shape index (κ1) is 84.1. The highest BCUT2D eigenvalue weighted by atomic mass is 14.4. The fraction of sp³-hybridized carbons (Fsp3) is 1.00. The molecule has 0 amide bonds. The zero-order valence-corrected chi connectivity index (χ0v) is 66.3. The Labute approximate surface area is 560 Å². The van der Waals surface area contributed by atoms with Crippen molar-refractivity contribution < 1.29 is 0 Å². The van der Waals surface area contributed by atoms with Crippen LogP contribution in [0.1, 0.15) is 436 Å². The molecule has 12 aliphatic rings. The summed E-state index contributed by atoms with van der Waals surface area (Å²) in [5, 5.41) is 0. The standard InChI is InChI=1S/C8H14.10C8H16/c1-6-7-2-3-8(6)5-4-7;1-6-4-7(2)8(3)5-6;1-7-4-5-8(2,3)6-7;2*1-7-5-4-6-8(7,2)3;1-6-4-5-7(2)8(6)3;1-7(2)8-5-3-4-6-8;2*1-3-8(2)6-4-5-7-8;1-3-8-6-4-5-7(8)2;1-2-5-8-6-3-4-7-8/h6-8H,2-5H2,1H3;6-8H,4-5H2,1-3H3;3*7H,4-6H2,1-3H3;6-8H,4-5H2,1-3H3;7-8H,3-6H2,1-2H3;2*3-7H2,1-2H3;7-8H,3-6H2,1-2H3;8H,2-7H2,1H3/t;;2*7-;;;;;;;/m..00......./s1. The lowest BCUT2D eigenvalue weighted by atomic mass is 9.83. The average molecular weight is 1230 g/mol. The van der Waals surface area contributed by atoms with E-state index in [9.17, 15) is 0 Å². The van der Waals surface area contributed by atoms with Crippen LogP contribution in [0.25, 0.3) is 0 Å². The van der Waals surface area contributed by atoms with Gasteiger partial charge in [-0.2, -0.15) is 0 Å². The van der Waals surface area contributed by atoms with E-state index in [4.69, 9.17) is 0 Å². The molecule has 7 unspecified atom stereocenters. The van der Waals surface area contributed by atoms with Gasteiger partial charge in [-0.1, -0.05) is 346 Å². The van der Waals surface area contributed by atoms with E-state index in [-0.39, 0.29) is 0 Å². The summed E-state index contributed by atoms with van der Waals surface area (Å²) >= 11 is 0. The molecule has 0 N–H and O–H groups in total. The van der Waals surface area contributed by atoms with E-state index in [0.29, 0.717) is 16.2 Å². The van der Waals surface area contributed by atoms with Crippen molar-refractivity contribution in [3.63, 3.8) is 0 Å². The van der Waals surface area contributed by atoms with Crippen molar-refractivity contribution >= 4 is 0 Å². The number of rotatable bonds is 6. The summed E-state index contributed by atoms with van der Waals surface area (Å²) in [5.74, 6) is 17.4. The largest absolute Gasteiger partial charge is 0.0654 e. The van der Waals surface area contributed by atoms with E-state index in [2.05, 4.69) is 173 Å². The van der Waals surface area contributed by atoms with Gasteiger partial charge in [-0.3, -0.25) is 0 Å². The van der Waals surface area contributed by atoms with Crippen molar-refractivity contribution in [2.24, 2.45) is 128 Å². The van der Waals surface area contributed by atoms with Gasteiger partial charge in [0.2, 0.25) is 0 Å². The lowest BCUT2D eigenvalue weighted by molar-refractivity contribution is 0.281. The zero-order valence-electron chi connectivity index (χ0n) is 66.3. The van der Waals surface area contributed by atoms with Crippen LogP contribution in [0.2, 0.25) is 0 Å². The van der Waals surface area contributed by atoms with Crippen molar-refractivity contribution in [2.75, 3.05) is 0 Å². The van der Waals surface area contributed by atoms with Gasteiger partial charge in [-0.05, 0) is 218 Å².